The lowest BCUT2D eigenvalue weighted by Gasteiger charge is -2.11. The first-order chi connectivity index (χ1) is 9.79. The van der Waals surface area contributed by atoms with Gasteiger partial charge < -0.3 is 0 Å². The van der Waals surface area contributed by atoms with Gasteiger partial charge in [0.1, 0.15) is 0 Å². The molecule has 0 fully saturated rings. The van der Waals surface area contributed by atoms with Crippen LogP contribution in [0.2, 0.25) is 4.47 Å². The average molecular weight is 371 g/mol. The van der Waals surface area contributed by atoms with E-state index in [-0.39, 0.29) is 36.7 Å². The molecule has 0 unspecified atom stereocenters. The Bertz CT molecular complexity index is 750. The van der Waals surface area contributed by atoms with Crippen LogP contribution in [0.25, 0.3) is 0 Å². The van der Waals surface area contributed by atoms with Crippen molar-refractivity contribution in [2.75, 3.05) is 4.72 Å². The fourth-order valence-electron chi connectivity index (χ4n) is 1.54. The molecule has 0 aliphatic rings. The molecule has 114 valence electrons. The molecule has 10 heteroatoms. The maximum absolute atomic E-state index is 12.5. The largest absolute Gasteiger partial charge is 0.288 e. The number of rotatable bonds is 5. The second-order valence-corrected chi connectivity index (χ2v) is 8.31. The predicted molar refractivity (Wildman–Crippen MR) is 81.0 cm³/mol. The molecule has 0 atom stereocenters. The molecular formula is C11H9ClF2N2O2S3. The van der Waals surface area contributed by atoms with E-state index in [2.05, 4.69) is 9.71 Å². The van der Waals surface area contributed by atoms with Crippen molar-refractivity contribution in [2.45, 2.75) is 21.8 Å². The Morgan fingerprint density at radius 2 is 2.05 bits per heavy atom. The second kappa shape index (κ2) is 6.47. The van der Waals surface area contributed by atoms with Gasteiger partial charge >= 0.3 is 0 Å². The smallest absolute Gasteiger partial charge is 0.278 e. The number of hydrogen-bond acceptors (Lipinski definition) is 5. The van der Waals surface area contributed by atoms with Gasteiger partial charge in [-0.2, -0.15) is 8.78 Å². The lowest BCUT2D eigenvalue weighted by Crippen LogP contribution is -2.13. The van der Waals surface area contributed by atoms with E-state index in [1.165, 1.54) is 19.1 Å². The van der Waals surface area contributed by atoms with Gasteiger partial charge in [-0.05, 0) is 19.1 Å². The van der Waals surface area contributed by atoms with Crippen molar-refractivity contribution >= 4 is 50.4 Å². The SMILES string of the molecule is Cc1nc(Cl)sc1S(=O)(=O)Nc1ccccc1SC(F)F. The number of anilines is 1. The number of benzene rings is 1. The quantitative estimate of drug-likeness (QED) is 0.800. The highest BCUT2D eigenvalue weighted by Gasteiger charge is 2.23. The van der Waals surface area contributed by atoms with Crippen molar-refractivity contribution in [3.8, 4) is 0 Å². The molecule has 0 saturated carbocycles. The Morgan fingerprint density at radius 1 is 1.38 bits per heavy atom. The van der Waals surface area contributed by atoms with Gasteiger partial charge in [0.25, 0.3) is 15.8 Å². The van der Waals surface area contributed by atoms with E-state index < -0.39 is 15.8 Å². The topological polar surface area (TPSA) is 59.1 Å². The van der Waals surface area contributed by atoms with Crippen molar-refractivity contribution in [3.63, 3.8) is 0 Å². The zero-order chi connectivity index (χ0) is 15.6. The van der Waals surface area contributed by atoms with Crippen molar-refractivity contribution in [3.05, 3.63) is 34.4 Å². The van der Waals surface area contributed by atoms with Crippen LogP contribution in [0.1, 0.15) is 5.69 Å². The Hall–Kier alpha value is -0.900. The number of nitrogens with one attached hydrogen (secondary N) is 1. The molecule has 2 aromatic rings. The van der Waals surface area contributed by atoms with E-state index in [1.54, 1.807) is 12.1 Å². The summed E-state index contributed by atoms with van der Waals surface area (Å²) in [4.78, 5) is 3.97. The Morgan fingerprint density at radius 3 is 2.62 bits per heavy atom. The molecule has 4 nitrogen and oxygen atoms in total. The van der Waals surface area contributed by atoms with Crippen LogP contribution in [0.3, 0.4) is 0 Å². The summed E-state index contributed by atoms with van der Waals surface area (Å²) in [6, 6.07) is 5.94. The van der Waals surface area contributed by atoms with E-state index in [4.69, 9.17) is 11.6 Å². The standard InChI is InChI=1S/C11H9ClF2N2O2S3/c1-6-9(20-10(12)15-6)21(17,18)16-7-4-2-3-5-8(7)19-11(13)14/h2-5,11,16H,1H3. The summed E-state index contributed by atoms with van der Waals surface area (Å²) in [6.07, 6.45) is 0. The number of aromatic nitrogens is 1. The Labute approximate surface area is 133 Å². The molecule has 0 radical (unpaired) electrons. The van der Waals surface area contributed by atoms with E-state index in [0.29, 0.717) is 0 Å². The van der Waals surface area contributed by atoms with Crippen LogP contribution in [0.4, 0.5) is 14.5 Å². The zero-order valence-electron chi connectivity index (χ0n) is 10.5. The van der Waals surface area contributed by atoms with Crippen LogP contribution in [0.5, 0.6) is 0 Å². The van der Waals surface area contributed by atoms with Gasteiger partial charge in [0.05, 0.1) is 11.4 Å². The molecule has 0 aliphatic carbocycles. The highest BCUT2D eigenvalue weighted by atomic mass is 35.5. The molecular weight excluding hydrogens is 362 g/mol. The summed E-state index contributed by atoms with van der Waals surface area (Å²) in [5.74, 6) is -2.64. The zero-order valence-corrected chi connectivity index (χ0v) is 13.7. The number of halogens is 3. The van der Waals surface area contributed by atoms with Gasteiger partial charge in [0.15, 0.2) is 8.68 Å². The van der Waals surface area contributed by atoms with Crippen LogP contribution >= 0.6 is 34.7 Å². The normalized spacial score (nSPS) is 11.9. The summed E-state index contributed by atoms with van der Waals surface area (Å²) in [6.45, 7) is 1.51. The lowest BCUT2D eigenvalue weighted by molar-refractivity contribution is 0.252. The number of alkyl halides is 2. The maximum Gasteiger partial charge on any atom is 0.288 e. The van der Waals surface area contributed by atoms with Crippen molar-refractivity contribution in [1.29, 1.82) is 0 Å². The first kappa shape index (κ1) is 16.5. The molecule has 0 saturated heterocycles. The number of thioether (sulfide) groups is 1. The maximum atomic E-state index is 12.5. The van der Waals surface area contributed by atoms with Gasteiger partial charge in [0.2, 0.25) is 0 Å². The van der Waals surface area contributed by atoms with Crippen LogP contribution in [0, 0.1) is 6.92 Å². The first-order valence-electron chi connectivity index (χ1n) is 5.49. The second-order valence-electron chi connectivity index (χ2n) is 3.82. The summed E-state index contributed by atoms with van der Waals surface area (Å²) < 4.78 is 51.9. The van der Waals surface area contributed by atoms with E-state index in [9.17, 15) is 17.2 Å². The molecule has 0 amide bonds. The molecule has 0 spiro atoms. The summed E-state index contributed by atoms with van der Waals surface area (Å²) in [5, 5.41) is 0. The number of aryl methyl sites for hydroxylation is 1. The lowest BCUT2D eigenvalue weighted by atomic mass is 10.3. The van der Waals surface area contributed by atoms with Crippen LogP contribution in [0.15, 0.2) is 33.4 Å². The minimum absolute atomic E-state index is 0.0376. The molecule has 1 aromatic carbocycles. The monoisotopic (exact) mass is 370 g/mol. The van der Waals surface area contributed by atoms with Crippen molar-refractivity contribution in [1.82, 2.24) is 4.98 Å². The number of nitrogens with zero attached hydrogens (tertiary/aromatic N) is 1. The molecule has 1 aromatic heterocycles. The Kier molecular flexibility index (Phi) is 5.07. The minimum atomic E-state index is -3.92. The summed E-state index contributed by atoms with van der Waals surface area (Å²) >= 11 is 6.77. The van der Waals surface area contributed by atoms with Crippen LogP contribution in [-0.2, 0) is 10.0 Å². The molecule has 0 bridgehead atoms. The highest BCUT2D eigenvalue weighted by molar-refractivity contribution is 8.00. The molecule has 0 aliphatic heterocycles. The summed E-state index contributed by atoms with van der Waals surface area (Å²) in [7, 11) is -3.92. The minimum Gasteiger partial charge on any atom is -0.278 e. The number of thiazole rings is 1. The number of hydrogen-bond donors (Lipinski definition) is 1. The fraction of sp³-hybridized carbons (Fsp3) is 0.182. The third kappa shape index (κ3) is 4.06. The number of para-hydroxylation sites is 1. The van der Waals surface area contributed by atoms with Gasteiger partial charge in [0, 0.05) is 4.90 Å². The third-order valence-electron chi connectivity index (χ3n) is 2.32. The van der Waals surface area contributed by atoms with Crippen molar-refractivity contribution in [2.24, 2.45) is 0 Å². The van der Waals surface area contributed by atoms with E-state index in [1.807, 2.05) is 0 Å². The first-order valence-corrected chi connectivity index (χ1v) is 9.05. The van der Waals surface area contributed by atoms with Gasteiger partial charge in [-0.25, -0.2) is 13.4 Å². The van der Waals surface area contributed by atoms with E-state index in [0.717, 1.165) is 11.3 Å². The van der Waals surface area contributed by atoms with Gasteiger partial charge in [-0.15, -0.1) is 0 Å². The van der Waals surface area contributed by atoms with Crippen LogP contribution < -0.4 is 4.72 Å². The van der Waals surface area contributed by atoms with Gasteiger partial charge in [-0.1, -0.05) is 46.8 Å². The molecule has 1 N–H and O–H groups in total. The van der Waals surface area contributed by atoms with Gasteiger partial charge in [-0.3, -0.25) is 4.72 Å². The van der Waals surface area contributed by atoms with E-state index >= 15 is 0 Å². The molecule has 21 heavy (non-hydrogen) atoms. The molecule has 1 heterocycles. The average Bonchev–Trinajstić information content (AvgIpc) is 2.71. The molecule has 2 rings (SSSR count). The van der Waals surface area contributed by atoms with Crippen LogP contribution in [-0.4, -0.2) is 19.2 Å². The highest BCUT2D eigenvalue weighted by Crippen LogP contribution is 2.34. The Balaban J connectivity index is 2.35. The third-order valence-corrected chi connectivity index (χ3v) is 6.34. The number of sulfonamides is 1. The van der Waals surface area contributed by atoms with Crippen molar-refractivity contribution < 1.29 is 17.2 Å². The fourth-order valence-corrected chi connectivity index (χ4v) is 5.02. The predicted octanol–water partition coefficient (Wildman–Crippen LogP) is 4.22. The summed E-state index contributed by atoms with van der Waals surface area (Å²) in [5.41, 5.74) is 0.350.